The van der Waals surface area contributed by atoms with E-state index < -0.39 is 0 Å². The van der Waals surface area contributed by atoms with Crippen LogP contribution in [-0.4, -0.2) is 35.8 Å². The summed E-state index contributed by atoms with van der Waals surface area (Å²) < 4.78 is 0. The van der Waals surface area contributed by atoms with Gasteiger partial charge in [-0.3, -0.25) is 9.59 Å². The molecule has 2 amide bonds. The number of amides is 2. The zero-order valence-corrected chi connectivity index (χ0v) is 15.5. The first-order valence-corrected chi connectivity index (χ1v) is 8.43. The summed E-state index contributed by atoms with van der Waals surface area (Å²) in [5.41, 5.74) is 1.09. The standard InChI is InChI=1S/C16H28N2O2.C2H6/c1-6-12(2)11-17-15(20)13-8-7-9-18(13)14(19)10-16(3,4)5;1-2/h6,13H,7-11H2,1-5H3,(H,17,20);1-2H3/b12-6+;. The Labute approximate surface area is 136 Å². The fourth-order valence-electron chi connectivity index (χ4n) is 2.34. The number of allylic oxidation sites excluding steroid dienone is 1. The summed E-state index contributed by atoms with van der Waals surface area (Å²) in [7, 11) is 0. The second-order valence-electron chi connectivity index (χ2n) is 6.84. The minimum Gasteiger partial charge on any atom is -0.351 e. The number of nitrogens with zero attached hydrogens (tertiary/aromatic N) is 1. The molecular weight excluding hydrogens is 276 g/mol. The highest BCUT2D eigenvalue weighted by Gasteiger charge is 2.35. The highest BCUT2D eigenvalue weighted by molar-refractivity contribution is 5.88. The van der Waals surface area contributed by atoms with Crippen molar-refractivity contribution in [1.29, 1.82) is 0 Å². The topological polar surface area (TPSA) is 49.4 Å². The fraction of sp³-hybridized carbons (Fsp3) is 0.778. The molecule has 1 aliphatic heterocycles. The first-order valence-electron chi connectivity index (χ1n) is 8.43. The summed E-state index contributed by atoms with van der Waals surface area (Å²) >= 11 is 0. The predicted molar refractivity (Wildman–Crippen MR) is 92.6 cm³/mol. The summed E-state index contributed by atoms with van der Waals surface area (Å²) in [6, 6.07) is -0.283. The number of carbonyl (C=O) groups is 2. The molecule has 0 aromatic carbocycles. The molecule has 0 aromatic rings. The third kappa shape index (κ3) is 7.10. The normalized spacial score (nSPS) is 18.6. The van der Waals surface area contributed by atoms with Gasteiger partial charge in [-0.05, 0) is 32.1 Å². The van der Waals surface area contributed by atoms with Crippen molar-refractivity contribution in [2.45, 2.75) is 73.8 Å². The van der Waals surface area contributed by atoms with Crippen LogP contribution in [-0.2, 0) is 9.59 Å². The van der Waals surface area contributed by atoms with Crippen LogP contribution in [0.15, 0.2) is 11.6 Å². The molecule has 0 saturated carbocycles. The molecule has 1 fully saturated rings. The number of rotatable bonds is 4. The van der Waals surface area contributed by atoms with Gasteiger partial charge in [0.2, 0.25) is 11.8 Å². The van der Waals surface area contributed by atoms with E-state index in [2.05, 4.69) is 5.32 Å². The van der Waals surface area contributed by atoms with E-state index in [-0.39, 0.29) is 23.3 Å². The van der Waals surface area contributed by atoms with Gasteiger partial charge >= 0.3 is 0 Å². The molecule has 0 aromatic heterocycles. The van der Waals surface area contributed by atoms with Crippen molar-refractivity contribution in [2.24, 2.45) is 5.41 Å². The molecule has 128 valence electrons. The highest BCUT2D eigenvalue weighted by Crippen LogP contribution is 2.24. The molecule has 1 rings (SSSR count). The van der Waals surface area contributed by atoms with Crippen molar-refractivity contribution in [3.8, 4) is 0 Å². The van der Waals surface area contributed by atoms with Crippen molar-refractivity contribution < 1.29 is 9.59 Å². The monoisotopic (exact) mass is 310 g/mol. The quantitative estimate of drug-likeness (QED) is 0.808. The number of carbonyl (C=O) groups excluding carboxylic acids is 2. The number of likely N-dealkylation sites (tertiary alicyclic amines) is 1. The number of hydrogen-bond acceptors (Lipinski definition) is 2. The van der Waals surface area contributed by atoms with Crippen LogP contribution in [0.25, 0.3) is 0 Å². The summed E-state index contributed by atoms with van der Waals surface area (Å²) in [5, 5.41) is 2.92. The summed E-state index contributed by atoms with van der Waals surface area (Å²) in [6.07, 6.45) is 4.16. The predicted octanol–water partition coefficient (Wildman–Crippen LogP) is 3.52. The number of hydrogen-bond donors (Lipinski definition) is 1. The fourth-order valence-corrected chi connectivity index (χ4v) is 2.34. The lowest BCUT2D eigenvalue weighted by molar-refractivity contribution is -0.139. The molecule has 4 nitrogen and oxygen atoms in total. The van der Waals surface area contributed by atoms with Crippen LogP contribution in [0.5, 0.6) is 0 Å². The number of nitrogens with one attached hydrogen (secondary N) is 1. The molecular formula is C18H34N2O2. The molecule has 1 atom stereocenters. The van der Waals surface area contributed by atoms with E-state index in [9.17, 15) is 9.59 Å². The molecule has 1 heterocycles. The van der Waals surface area contributed by atoms with Crippen LogP contribution < -0.4 is 5.32 Å². The Balaban J connectivity index is 0.00000211. The Morgan fingerprint density at radius 3 is 2.36 bits per heavy atom. The Morgan fingerprint density at radius 1 is 1.27 bits per heavy atom. The van der Waals surface area contributed by atoms with Gasteiger partial charge in [0.05, 0.1) is 0 Å². The minimum absolute atomic E-state index is 0.0223. The maximum Gasteiger partial charge on any atom is 0.243 e. The van der Waals surface area contributed by atoms with Crippen LogP contribution in [0.1, 0.15) is 67.7 Å². The van der Waals surface area contributed by atoms with Gasteiger partial charge in [-0.2, -0.15) is 0 Å². The van der Waals surface area contributed by atoms with E-state index >= 15 is 0 Å². The molecule has 1 unspecified atom stereocenters. The highest BCUT2D eigenvalue weighted by atomic mass is 16.2. The van der Waals surface area contributed by atoms with E-state index in [0.29, 0.717) is 19.5 Å². The van der Waals surface area contributed by atoms with Crippen molar-refractivity contribution in [3.63, 3.8) is 0 Å². The van der Waals surface area contributed by atoms with E-state index in [1.807, 2.05) is 54.5 Å². The summed E-state index contributed by atoms with van der Waals surface area (Å²) in [4.78, 5) is 26.3. The van der Waals surface area contributed by atoms with Crippen molar-refractivity contribution in [1.82, 2.24) is 10.2 Å². The maximum absolute atomic E-state index is 12.3. The SMILES string of the molecule is C/C=C(\C)CNC(=O)C1CCCN1C(=O)CC(C)(C)C.CC. The van der Waals surface area contributed by atoms with E-state index in [1.54, 1.807) is 4.90 Å². The average molecular weight is 310 g/mol. The Hall–Kier alpha value is -1.32. The van der Waals surface area contributed by atoms with Gasteiger partial charge in [-0.1, -0.05) is 46.3 Å². The lowest BCUT2D eigenvalue weighted by atomic mass is 9.91. The van der Waals surface area contributed by atoms with Crippen molar-refractivity contribution >= 4 is 11.8 Å². The van der Waals surface area contributed by atoms with Crippen molar-refractivity contribution in [2.75, 3.05) is 13.1 Å². The Bertz CT molecular complexity index is 394. The van der Waals surface area contributed by atoms with Gasteiger partial charge in [-0.25, -0.2) is 0 Å². The van der Waals surface area contributed by atoms with Gasteiger partial charge in [0.15, 0.2) is 0 Å². The lowest BCUT2D eigenvalue weighted by Crippen LogP contribution is -2.47. The van der Waals surface area contributed by atoms with E-state index in [0.717, 1.165) is 18.4 Å². The molecule has 1 aliphatic rings. The van der Waals surface area contributed by atoms with Crippen LogP contribution in [0, 0.1) is 5.41 Å². The Morgan fingerprint density at radius 2 is 1.86 bits per heavy atom. The van der Waals surface area contributed by atoms with Gasteiger partial charge in [0, 0.05) is 19.5 Å². The van der Waals surface area contributed by atoms with Gasteiger partial charge in [0.25, 0.3) is 0 Å². The smallest absolute Gasteiger partial charge is 0.243 e. The third-order valence-electron chi connectivity index (χ3n) is 3.59. The molecule has 0 aliphatic carbocycles. The van der Waals surface area contributed by atoms with Crippen LogP contribution in [0.3, 0.4) is 0 Å². The molecule has 0 bridgehead atoms. The molecule has 0 spiro atoms. The van der Waals surface area contributed by atoms with Gasteiger partial charge < -0.3 is 10.2 Å². The van der Waals surface area contributed by atoms with Crippen LogP contribution >= 0.6 is 0 Å². The van der Waals surface area contributed by atoms with E-state index in [1.165, 1.54) is 0 Å². The van der Waals surface area contributed by atoms with Gasteiger partial charge in [0.1, 0.15) is 6.04 Å². The van der Waals surface area contributed by atoms with Crippen LogP contribution in [0.2, 0.25) is 0 Å². The lowest BCUT2D eigenvalue weighted by Gasteiger charge is -2.27. The second kappa shape index (κ2) is 9.65. The zero-order valence-electron chi connectivity index (χ0n) is 15.5. The summed E-state index contributed by atoms with van der Waals surface area (Å²) in [5.74, 6) is 0.0730. The Kier molecular flexibility index (Phi) is 9.07. The molecule has 22 heavy (non-hydrogen) atoms. The average Bonchev–Trinajstić information content (AvgIpc) is 2.94. The largest absolute Gasteiger partial charge is 0.351 e. The minimum atomic E-state index is -0.283. The first kappa shape index (κ1) is 20.7. The zero-order chi connectivity index (χ0) is 17.3. The summed E-state index contributed by atoms with van der Waals surface area (Å²) in [6.45, 7) is 15.3. The maximum atomic E-state index is 12.3. The molecule has 4 heteroatoms. The third-order valence-corrected chi connectivity index (χ3v) is 3.59. The molecule has 0 radical (unpaired) electrons. The molecule has 1 N–H and O–H groups in total. The molecule has 1 saturated heterocycles. The van der Waals surface area contributed by atoms with Gasteiger partial charge in [-0.15, -0.1) is 0 Å². The van der Waals surface area contributed by atoms with Crippen molar-refractivity contribution in [3.05, 3.63) is 11.6 Å². The first-order chi connectivity index (χ1) is 10.2. The van der Waals surface area contributed by atoms with E-state index in [4.69, 9.17) is 0 Å². The second-order valence-corrected chi connectivity index (χ2v) is 6.84. The van der Waals surface area contributed by atoms with Crippen LogP contribution in [0.4, 0.5) is 0 Å².